The molecule has 0 aliphatic carbocycles. The Hall–Kier alpha value is -1.56. The third kappa shape index (κ3) is 3.70. The van der Waals surface area contributed by atoms with E-state index < -0.39 is 0 Å². The van der Waals surface area contributed by atoms with Crippen LogP contribution in [0.1, 0.15) is 12.6 Å². The van der Waals surface area contributed by atoms with Crippen LogP contribution in [0.5, 0.6) is 0 Å². The van der Waals surface area contributed by atoms with Gasteiger partial charge in [0.15, 0.2) is 0 Å². The number of hydrogen-bond acceptors (Lipinski definition) is 4. The first-order valence-corrected chi connectivity index (χ1v) is 7.65. The summed E-state index contributed by atoms with van der Waals surface area (Å²) < 4.78 is 1.88. The van der Waals surface area contributed by atoms with Crippen molar-refractivity contribution in [3.63, 3.8) is 0 Å². The Morgan fingerprint density at radius 2 is 2.42 bits per heavy atom. The summed E-state index contributed by atoms with van der Waals surface area (Å²) in [6, 6.07) is 1.87. The molecule has 2 heterocycles. The predicted octanol–water partition coefficient (Wildman–Crippen LogP) is 1.39. The number of imidazole rings is 1. The molecule has 19 heavy (non-hydrogen) atoms. The first-order chi connectivity index (χ1) is 9.20. The zero-order valence-corrected chi connectivity index (χ0v) is 12.0. The van der Waals surface area contributed by atoms with Crippen molar-refractivity contribution in [3.05, 3.63) is 30.4 Å². The number of rotatable bonds is 6. The number of hydrogen-bond donors (Lipinski definition) is 1. The van der Waals surface area contributed by atoms with Crippen LogP contribution in [0, 0.1) is 5.92 Å². The minimum Gasteiger partial charge on any atom is -0.355 e. The average Bonchev–Trinajstić information content (AvgIpc) is 2.81. The Kier molecular flexibility index (Phi) is 4.79. The van der Waals surface area contributed by atoms with Gasteiger partial charge in [-0.3, -0.25) is 9.20 Å². The summed E-state index contributed by atoms with van der Waals surface area (Å²) in [5.74, 6) is 1.71. The Bertz CT molecular complexity index is 521. The summed E-state index contributed by atoms with van der Waals surface area (Å²) in [6.07, 6.45) is 8.31. The van der Waals surface area contributed by atoms with Crippen LogP contribution in [0.2, 0.25) is 0 Å². The van der Waals surface area contributed by atoms with Crippen molar-refractivity contribution in [2.24, 2.45) is 5.92 Å². The molecule has 102 valence electrons. The van der Waals surface area contributed by atoms with E-state index in [0.29, 0.717) is 12.3 Å². The molecule has 1 unspecified atom stereocenters. The van der Waals surface area contributed by atoms with Crippen molar-refractivity contribution in [1.29, 1.82) is 0 Å². The van der Waals surface area contributed by atoms with Crippen LogP contribution in [-0.2, 0) is 11.2 Å². The molecule has 2 aromatic heterocycles. The largest absolute Gasteiger partial charge is 0.355 e. The Morgan fingerprint density at radius 1 is 1.58 bits per heavy atom. The second kappa shape index (κ2) is 6.56. The van der Waals surface area contributed by atoms with Crippen LogP contribution >= 0.6 is 11.8 Å². The fraction of sp³-hybridized carbons (Fsp3) is 0.462. The number of nitrogens with one attached hydrogen (secondary N) is 1. The lowest BCUT2D eigenvalue weighted by Crippen LogP contribution is -2.31. The van der Waals surface area contributed by atoms with Crippen LogP contribution < -0.4 is 5.32 Å². The van der Waals surface area contributed by atoms with Gasteiger partial charge in [0, 0.05) is 43.2 Å². The second-order valence-corrected chi connectivity index (χ2v) is 5.37. The van der Waals surface area contributed by atoms with Gasteiger partial charge in [0.1, 0.15) is 0 Å². The lowest BCUT2D eigenvalue weighted by atomic mass is 10.2. The smallest absolute Gasteiger partial charge is 0.233 e. The standard InChI is InChI=1S/C13H18N4OS/c1-10(9-19-2)12(18)14-6-4-11-8-17-7-3-5-15-13(17)16-11/h3,5,7-8,10H,4,6,9H2,1-2H3,(H,14,18). The molecule has 0 saturated carbocycles. The van der Waals surface area contributed by atoms with Gasteiger partial charge in [-0.15, -0.1) is 0 Å². The molecule has 0 aromatic carbocycles. The molecule has 1 atom stereocenters. The Labute approximate surface area is 116 Å². The SMILES string of the molecule is CSCC(C)C(=O)NCCc1cn2cccnc2n1. The number of amides is 1. The normalized spacial score (nSPS) is 12.5. The second-order valence-electron chi connectivity index (χ2n) is 4.46. The summed E-state index contributed by atoms with van der Waals surface area (Å²) in [6.45, 7) is 2.56. The van der Waals surface area contributed by atoms with Gasteiger partial charge in [-0.2, -0.15) is 11.8 Å². The zero-order valence-electron chi connectivity index (χ0n) is 11.2. The third-order valence-corrected chi connectivity index (χ3v) is 3.66. The fourth-order valence-electron chi connectivity index (χ4n) is 1.81. The Morgan fingerprint density at radius 3 is 3.16 bits per heavy atom. The molecule has 0 aliphatic heterocycles. The molecule has 1 amide bonds. The summed E-state index contributed by atoms with van der Waals surface area (Å²) in [4.78, 5) is 20.3. The lowest BCUT2D eigenvalue weighted by molar-refractivity contribution is -0.123. The van der Waals surface area contributed by atoms with E-state index in [9.17, 15) is 4.79 Å². The molecule has 0 fully saturated rings. The van der Waals surface area contributed by atoms with Crippen molar-refractivity contribution in [3.8, 4) is 0 Å². The molecule has 2 rings (SSSR count). The van der Waals surface area contributed by atoms with Crippen LogP contribution in [0.15, 0.2) is 24.7 Å². The molecule has 0 spiro atoms. The van der Waals surface area contributed by atoms with E-state index in [4.69, 9.17) is 0 Å². The molecular weight excluding hydrogens is 260 g/mol. The molecule has 2 aromatic rings. The maximum atomic E-state index is 11.7. The monoisotopic (exact) mass is 278 g/mol. The molecule has 0 bridgehead atoms. The highest BCUT2D eigenvalue weighted by molar-refractivity contribution is 7.98. The van der Waals surface area contributed by atoms with Crippen LogP contribution in [0.25, 0.3) is 5.78 Å². The third-order valence-electron chi connectivity index (χ3n) is 2.83. The topological polar surface area (TPSA) is 59.3 Å². The van der Waals surface area contributed by atoms with Gasteiger partial charge in [0.25, 0.3) is 0 Å². The quantitative estimate of drug-likeness (QED) is 0.867. The number of thioether (sulfide) groups is 1. The fourth-order valence-corrected chi connectivity index (χ4v) is 2.46. The molecule has 0 aliphatic rings. The van der Waals surface area contributed by atoms with Gasteiger partial charge in [-0.1, -0.05) is 6.92 Å². The number of carbonyl (C=O) groups is 1. The molecule has 0 saturated heterocycles. The summed E-state index contributed by atoms with van der Waals surface area (Å²) in [7, 11) is 0. The van der Waals surface area contributed by atoms with Gasteiger partial charge in [0.05, 0.1) is 5.69 Å². The minimum absolute atomic E-state index is 0.0535. The summed E-state index contributed by atoms with van der Waals surface area (Å²) in [5, 5.41) is 2.94. The van der Waals surface area contributed by atoms with E-state index in [1.807, 2.05) is 36.0 Å². The van der Waals surface area contributed by atoms with E-state index in [1.165, 1.54) is 0 Å². The number of aromatic nitrogens is 3. The highest BCUT2D eigenvalue weighted by Crippen LogP contribution is 2.05. The van der Waals surface area contributed by atoms with Crippen molar-refractivity contribution >= 4 is 23.4 Å². The maximum Gasteiger partial charge on any atom is 0.233 e. The highest BCUT2D eigenvalue weighted by Gasteiger charge is 2.11. The van der Waals surface area contributed by atoms with Gasteiger partial charge < -0.3 is 5.32 Å². The first-order valence-electron chi connectivity index (χ1n) is 6.26. The van der Waals surface area contributed by atoms with Gasteiger partial charge >= 0.3 is 0 Å². The van der Waals surface area contributed by atoms with E-state index >= 15 is 0 Å². The van der Waals surface area contributed by atoms with Crippen molar-refractivity contribution in [1.82, 2.24) is 19.7 Å². The van der Waals surface area contributed by atoms with Crippen molar-refractivity contribution < 1.29 is 4.79 Å². The molecule has 6 heteroatoms. The van der Waals surface area contributed by atoms with Gasteiger partial charge in [0.2, 0.25) is 11.7 Å². The van der Waals surface area contributed by atoms with Crippen molar-refractivity contribution in [2.75, 3.05) is 18.6 Å². The molecule has 0 radical (unpaired) electrons. The first kappa shape index (κ1) is 13.9. The maximum absolute atomic E-state index is 11.7. The summed E-state index contributed by atoms with van der Waals surface area (Å²) in [5.41, 5.74) is 0.941. The number of fused-ring (bicyclic) bond motifs is 1. The average molecular weight is 278 g/mol. The van der Waals surface area contributed by atoms with E-state index in [-0.39, 0.29) is 11.8 Å². The number of nitrogens with zero attached hydrogens (tertiary/aromatic N) is 3. The predicted molar refractivity (Wildman–Crippen MR) is 77.2 cm³/mol. The van der Waals surface area contributed by atoms with Crippen LogP contribution in [0.3, 0.4) is 0 Å². The summed E-state index contributed by atoms with van der Waals surface area (Å²) >= 11 is 1.69. The van der Waals surface area contributed by atoms with E-state index in [1.54, 1.807) is 18.0 Å². The highest BCUT2D eigenvalue weighted by atomic mass is 32.2. The molecule has 1 N–H and O–H groups in total. The minimum atomic E-state index is 0.0535. The van der Waals surface area contributed by atoms with Crippen LogP contribution in [0.4, 0.5) is 0 Å². The Balaban J connectivity index is 1.84. The lowest BCUT2D eigenvalue weighted by Gasteiger charge is -2.09. The van der Waals surface area contributed by atoms with Gasteiger partial charge in [-0.25, -0.2) is 9.97 Å². The van der Waals surface area contributed by atoms with Crippen LogP contribution in [-0.4, -0.2) is 38.8 Å². The van der Waals surface area contributed by atoms with E-state index in [2.05, 4.69) is 15.3 Å². The van der Waals surface area contributed by atoms with E-state index in [0.717, 1.165) is 17.9 Å². The molecular formula is C13H18N4OS. The van der Waals surface area contributed by atoms with Gasteiger partial charge in [-0.05, 0) is 12.3 Å². The molecule has 5 nitrogen and oxygen atoms in total. The number of carbonyl (C=O) groups excluding carboxylic acids is 1. The van der Waals surface area contributed by atoms with Crippen molar-refractivity contribution in [2.45, 2.75) is 13.3 Å². The zero-order chi connectivity index (χ0) is 13.7.